The monoisotopic (exact) mass is 338 g/mol. The van der Waals surface area contributed by atoms with Gasteiger partial charge in [-0.05, 0) is 34.1 Å². The molecule has 0 aliphatic rings. The minimum absolute atomic E-state index is 0.0433. The van der Waals surface area contributed by atoms with Crippen LogP contribution in [0.15, 0.2) is 40.9 Å². The largest absolute Gasteiger partial charge is 0.494 e. The lowest BCUT2D eigenvalue weighted by Gasteiger charge is -2.13. The number of nitrogens with one attached hydrogen (secondary N) is 1. The molecule has 0 radical (unpaired) electrons. The highest BCUT2D eigenvalue weighted by molar-refractivity contribution is 9.10. The molecule has 0 heterocycles. The topological polar surface area (TPSA) is 64.3 Å². The number of carbonyl (C=O) groups is 1. The van der Waals surface area contributed by atoms with Gasteiger partial charge in [-0.25, -0.2) is 4.39 Å². The third-order valence-electron chi connectivity index (χ3n) is 2.65. The van der Waals surface area contributed by atoms with E-state index in [0.717, 1.165) is 0 Å². The van der Waals surface area contributed by atoms with Crippen molar-refractivity contribution in [3.05, 3.63) is 52.3 Å². The third-order valence-corrected chi connectivity index (χ3v) is 3.28. The van der Waals surface area contributed by atoms with Gasteiger partial charge in [0.05, 0.1) is 18.4 Å². The van der Waals surface area contributed by atoms with Crippen molar-refractivity contribution in [1.29, 1.82) is 0 Å². The number of methoxy groups -OCH3 is 1. The summed E-state index contributed by atoms with van der Waals surface area (Å²) >= 11 is 3.29. The Morgan fingerprint density at radius 3 is 2.70 bits per heavy atom. The Morgan fingerprint density at radius 2 is 2.05 bits per heavy atom. The summed E-state index contributed by atoms with van der Waals surface area (Å²) in [6.07, 6.45) is 0. The SMILES string of the molecule is COc1cc(N)cc(Br)c1NC(=O)c1ccccc1F. The van der Waals surface area contributed by atoms with Crippen molar-refractivity contribution in [2.75, 3.05) is 18.2 Å². The summed E-state index contributed by atoms with van der Waals surface area (Å²) in [4.78, 5) is 12.1. The Bertz CT molecular complexity index is 662. The van der Waals surface area contributed by atoms with E-state index in [1.54, 1.807) is 18.2 Å². The molecular weight excluding hydrogens is 327 g/mol. The number of rotatable bonds is 3. The van der Waals surface area contributed by atoms with E-state index in [9.17, 15) is 9.18 Å². The molecule has 0 saturated carbocycles. The minimum Gasteiger partial charge on any atom is -0.494 e. The van der Waals surface area contributed by atoms with Crippen LogP contribution >= 0.6 is 15.9 Å². The van der Waals surface area contributed by atoms with Crippen LogP contribution in [0.3, 0.4) is 0 Å². The highest BCUT2D eigenvalue weighted by atomic mass is 79.9. The third kappa shape index (κ3) is 2.91. The van der Waals surface area contributed by atoms with E-state index in [2.05, 4.69) is 21.2 Å². The Balaban J connectivity index is 2.35. The van der Waals surface area contributed by atoms with E-state index in [4.69, 9.17) is 10.5 Å². The zero-order valence-electron chi connectivity index (χ0n) is 10.6. The van der Waals surface area contributed by atoms with E-state index in [-0.39, 0.29) is 5.56 Å². The molecule has 0 fully saturated rings. The summed E-state index contributed by atoms with van der Waals surface area (Å²) < 4.78 is 19.3. The maximum absolute atomic E-state index is 13.6. The Labute approximate surface area is 123 Å². The van der Waals surface area contributed by atoms with E-state index in [1.807, 2.05) is 0 Å². The lowest BCUT2D eigenvalue weighted by atomic mass is 10.2. The first-order valence-electron chi connectivity index (χ1n) is 5.72. The first-order valence-corrected chi connectivity index (χ1v) is 6.51. The quantitative estimate of drug-likeness (QED) is 0.842. The van der Waals surface area contributed by atoms with Crippen LogP contribution in [0.2, 0.25) is 0 Å². The molecule has 6 heteroatoms. The average molecular weight is 339 g/mol. The van der Waals surface area contributed by atoms with Gasteiger partial charge in [0, 0.05) is 16.2 Å². The molecule has 3 N–H and O–H groups in total. The summed E-state index contributed by atoms with van der Waals surface area (Å²) in [6, 6.07) is 8.94. The zero-order chi connectivity index (χ0) is 14.7. The second kappa shape index (κ2) is 5.92. The summed E-state index contributed by atoms with van der Waals surface area (Å²) in [5.41, 5.74) is 6.53. The zero-order valence-corrected chi connectivity index (χ0v) is 12.2. The van der Waals surface area contributed by atoms with Crippen molar-refractivity contribution in [3.8, 4) is 5.75 Å². The van der Waals surface area contributed by atoms with Crippen LogP contribution in [0.1, 0.15) is 10.4 Å². The Kier molecular flexibility index (Phi) is 4.24. The van der Waals surface area contributed by atoms with Crippen molar-refractivity contribution in [2.45, 2.75) is 0 Å². The summed E-state index contributed by atoms with van der Waals surface area (Å²) in [6.45, 7) is 0. The molecule has 0 aromatic heterocycles. The van der Waals surface area contributed by atoms with Gasteiger partial charge in [-0.15, -0.1) is 0 Å². The number of hydrogen-bond donors (Lipinski definition) is 2. The van der Waals surface area contributed by atoms with Crippen LogP contribution < -0.4 is 15.8 Å². The molecule has 0 saturated heterocycles. The standard InChI is InChI=1S/C14H12BrFN2O2/c1-20-12-7-8(17)6-10(15)13(12)18-14(19)9-4-2-3-5-11(9)16/h2-7H,17H2,1H3,(H,18,19). The molecule has 2 rings (SSSR count). The molecule has 2 aromatic carbocycles. The van der Waals surface area contributed by atoms with Gasteiger partial charge < -0.3 is 15.8 Å². The molecule has 0 bridgehead atoms. The Morgan fingerprint density at radius 1 is 1.35 bits per heavy atom. The molecule has 1 amide bonds. The summed E-state index contributed by atoms with van der Waals surface area (Å²) in [5.74, 6) is -0.760. The second-order valence-electron chi connectivity index (χ2n) is 4.01. The molecule has 104 valence electrons. The van der Waals surface area contributed by atoms with Gasteiger partial charge in [0.1, 0.15) is 11.6 Å². The molecule has 2 aromatic rings. The van der Waals surface area contributed by atoms with Crippen LogP contribution in [0.25, 0.3) is 0 Å². The van der Waals surface area contributed by atoms with Gasteiger partial charge in [-0.2, -0.15) is 0 Å². The lowest BCUT2D eigenvalue weighted by molar-refractivity contribution is 0.102. The normalized spacial score (nSPS) is 10.2. The highest BCUT2D eigenvalue weighted by Gasteiger charge is 2.16. The fourth-order valence-electron chi connectivity index (χ4n) is 1.71. The van der Waals surface area contributed by atoms with Crippen LogP contribution in [0.5, 0.6) is 5.75 Å². The average Bonchev–Trinajstić information content (AvgIpc) is 2.41. The van der Waals surface area contributed by atoms with Crippen molar-refractivity contribution < 1.29 is 13.9 Å². The number of nitrogens with two attached hydrogens (primary N) is 1. The summed E-state index contributed by atoms with van der Waals surface area (Å²) in [7, 11) is 1.46. The van der Waals surface area contributed by atoms with Gasteiger partial charge in [0.25, 0.3) is 5.91 Å². The predicted molar refractivity (Wildman–Crippen MR) is 79.5 cm³/mol. The number of nitrogen functional groups attached to an aromatic ring is 1. The second-order valence-corrected chi connectivity index (χ2v) is 4.87. The fourth-order valence-corrected chi connectivity index (χ4v) is 2.27. The number of hydrogen-bond acceptors (Lipinski definition) is 3. The van der Waals surface area contributed by atoms with Crippen molar-refractivity contribution in [1.82, 2.24) is 0 Å². The van der Waals surface area contributed by atoms with Gasteiger partial charge in [-0.1, -0.05) is 12.1 Å². The predicted octanol–water partition coefficient (Wildman–Crippen LogP) is 3.43. The van der Waals surface area contributed by atoms with Crippen LogP contribution in [0.4, 0.5) is 15.8 Å². The first kappa shape index (κ1) is 14.3. The number of benzene rings is 2. The number of carbonyl (C=O) groups excluding carboxylic acids is 1. The minimum atomic E-state index is -0.587. The van der Waals surface area contributed by atoms with Crippen LogP contribution in [-0.2, 0) is 0 Å². The maximum atomic E-state index is 13.6. The molecule has 0 atom stereocenters. The van der Waals surface area contributed by atoms with Crippen LogP contribution in [0, 0.1) is 5.82 Å². The number of ether oxygens (including phenoxy) is 1. The molecule has 0 aliphatic carbocycles. The van der Waals surface area contributed by atoms with Crippen molar-refractivity contribution in [2.24, 2.45) is 0 Å². The molecule has 0 spiro atoms. The van der Waals surface area contributed by atoms with E-state index < -0.39 is 11.7 Å². The highest BCUT2D eigenvalue weighted by Crippen LogP contribution is 2.35. The molecular formula is C14H12BrFN2O2. The number of halogens is 2. The molecule has 4 nitrogen and oxygen atoms in total. The maximum Gasteiger partial charge on any atom is 0.258 e. The van der Waals surface area contributed by atoms with Gasteiger partial charge in [-0.3, -0.25) is 4.79 Å². The van der Waals surface area contributed by atoms with E-state index >= 15 is 0 Å². The fraction of sp³-hybridized carbons (Fsp3) is 0.0714. The van der Waals surface area contributed by atoms with Gasteiger partial charge in [0.2, 0.25) is 0 Å². The van der Waals surface area contributed by atoms with Crippen molar-refractivity contribution >= 4 is 33.2 Å². The first-order chi connectivity index (χ1) is 9.52. The number of anilines is 2. The smallest absolute Gasteiger partial charge is 0.258 e. The number of amides is 1. The van der Waals surface area contributed by atoms with Crippen LogP contribution in [-0.4, -0.2) is 13.0 Å². The summed E-state index contributed by atoms with van der Waals surface area (Å²) in [5, 5.41) is 2.61. The van der Waals surface area contributed by atoms with Gasteiger partial charge in [0.15, 0.2) is 0 Å². The van der Waals surface area contributed by atoms with E-state index in [0.29, 0.717) is 21.6 Å². The molecule has 0 aliphatic heterocycles. The lowest BCUT2D eigenvalue weighted by Crippen LogP contribution is -2.15. The van der Waals surface area contributed by atoms with Crippen molar-refractivity contribution in [3.63, 3.8) is 0 Å². The Hall–Kier alpha value is -2.08. The molecule has 20 heavy (non-hydrogen) atoms. The molecule has 0 unspecified atom stereocenters. The van der Waals surface area contributed by atoms with E-state index in [1.165, 1.54) is 25.3 Å². The van der Waals surface area contributed by atoms with Gasteiger partial charge >= 0.3 is 0 Å².